The average molecular weight is 264 g/mol. The van der Waals surface area contributed by atoms with Gasteiger partial charge in [-0.25, -0.2) is 9.97 Å². The minimum Gasteiger partial charge on any atom is -0.364 e. The van der Waals surface area contributed by atoms with Crippen molar-refractivity contribution in [2.45, 2.75) is 13.5 Å². The molecule has 2 heterocycles. The fourth-order valence-electron chi connectivity index (χ4n) is 1.48. The zero-order valence-electron chi connectivity index (χ0n) is 10.2. The Balaban J connectivity index is 2.23. The van der Waals surface area contributed by atoms with E-state index in [4.69, 9.17) is 4.52 Å². The van der Waals surface area contributed by atoms with Crippen LogP contribution in [0.5, 0.6) is 0 Å². The van der Waals surface area contributed by atoms with E-state index in [0.717, 1.165) is 0 Å². The molecule has 9 nitrogen and oxygen atoms in total. The highest BCUT2D eigenvalue weighted by Gasteiger charge is 2.22. The summed E-state index contributed by atoms with van der Waals surface area (Å²) in [6.45, 7) is 2.61. The van der Waals surface area contributed by atoms with E-state index in [0.29, 0.717) is 12.3 Å². The first-order valence-electron chi connectivity index (χ1n) is 5.59. The van der Waals surface area contributed by atoms with Gasteiger partial charge in [-0.2, -0.15) is 0 Å². The van der Waals surface area contributed by atoms with Gasteiger partial charge >= 0.3 is 5.69 Å². The molecule has 0 spiro atoms. The van der Waals surface area contributed by atoms with Crippen molar-refractivity contribution in [1.82, 2.24) is 15.1 Å². The zero-order chi connectivity index (χ0) is 13.7. The number of nitrogens with one attached hydrogen (secondary N) is 2. The van der Waals surface area contributed by atoms with Crippen LogP contribution in [0.25, 0.3) is 0 Å². The number of nitrogens with zero attached hydrogens (tertiary/aromatic N) is 4. The summed E-state index contributed by atoms with van der Waals surface area (Å²) in [5.41, 5.74) is -0.191. The van der Waals surface area contributed by atoms with Crippen LogP contribution in [-0.2, 0) is 6.54 Å². The summed E-state index contributed by atoms with van der Waals surface area (Å²) < 4.78 is 4.89. The second-order valence-corrected chi connectivity index (χ2v) is 3.54. The highest BCUT2D eigenvalue weighted by molar-refractivity contribution is 5.69. The van der Waals surface area contributed by atoms with Crippen molar-refractivity contribution in [2.24, 2.45) is 0 Å². The van der Waals surface area contributed by atoms with Crippen LogP contribution in [0.3, 0.4) is 0 Å². The standard InChI is InChI=1S/C10H12N6O3/c1-2-11-9-8(16(17)18)10(14-6-13-9)12-5-7-3-4-15-19-7/h3-4,6H,2,5H2,1H3,(H2,11,12,13,14). The van der Waals surface area contributed by atoms with Crippen LogP contribution in [0.2, 0.25) is 0 Å². The predicted octanol–water partition coefficient (Wildman–Crippen LogP) is 1.42. The summed E-state index contributed by atoms with van der Waals surface area (Å²) >= 11 is 0. The smallest absolute Gasteiger partial charge is 0.353 e. The Morgan fingerprint density at radius 3 is 2.68 bits per heavy atom. The van der Waals surface area contributed by atoms with E-state index in [-0.39, 0.29) is 23.9 Å². The van der Waals surface area contributed by atoms with Crippen molar-refractivity contribution in [1.29, 1.82) is 0 Å². The average Bonchev–Trinajstić information content (AvgIpc) is 2.89. The van der Waals surface area contributed by atoms with E-state index < -0.39 is 4.92 Å². The fourth-order valence-corrected chi connectivity index (χ4v) is 1.48. The van der Waals surface area contributed by atoms with Gasteiger partial charge in [-0.15, -0.1) is 0 Å². The van der Waals surface area contributed by atoms with Crippen molar-refractivity contribution in [3.8, 4) is 0 Å². The highest BCUT2D eigenvalue weighted by Crippen LogP contribution is 2.28. The van der Waals surface area contributed by atoms with E-state index in [1.807, 2.05) is 6.92 Å². The van der Waals surface area contributed by atoms with Gasteiger partial charge in [0.15, 0.2) is 5.76 Å². The number of aromatic nitrogens is 3. The van der Waals surface area contributed by atoms with Crippen LogP contribution in [0.1, 0.15) is 12.7 Å². The molecule has 0 radical (unpaired) electrons. The molecule has 2 aromatic heterocycles. The molecule has 0 fully saturated rings. The molecule has 0 aliphatic rings. The summed E-state index contributed by atoms with van der Waals surface area (Å²) in [7, 11) is 0. The van der Waals surface area contributed by atoms with Crippen LogP contribution < -0.4 is 10.6 Å². The minimum atomic E-state index is -0.527. The molecule has 0 amide bonds. The van der Waals surface area contributed by atoms with Gasteiger partial charge < -0.3 is 15.2 Å². The third-order valence-corrected chi connectivity index (χ3v) is 2.27. The molecule has 2 aromatic rings. The van der Waals surface area contributed by atoms with Crippen molar-refractivity contribution < 1.29 is 9.45 Å². The summed E-state index contributed by atoms with van der Waals surface area (Å²) in [4.78, 5) is 18.3. The third-order valence-electron chi connectivity index (χ3n) is 2.27. The molecule has 2 N–H and O–H groups in total. The molecule has 9 heteroatoms. The molecule has 0 saturated heterocycles. The van der Waals surface area contributed by atoms with Gasteiger partial charge in [0.2, 0.25) is 11.6 Å². The maximum atomic E-state index is 11.1. The second kappa shape index (κ2) is 5.76. The van der Waals surface area contributed by atoms with Gasteiger partial charge in [-0.05, 0) is 6.92 Å². The number of hydrogen-bond acceptors (Lipinski definition) is 8. The van der Waals surface area contributed by atoms with Gasteiger partial charge in [0, 0.05) is 12.6 Å². The second-order valence-electron chi connectivity index (χ2n) is 3.54. The lowest BCUT2D eigenvalue weighted by atomic mass is 10.4. The Bertz CT molecular complexity index is 556. The van der Waals surface area contributed by atoms with Crippen LogP contribution in [0.15, 0.2) is 23.1 Å². The van der Waals surface area contributed by atoms with Gasteiger partial charge in [-0.3, -0.25) is 10.1 Å². The fraction of sp³-hybridized carbons (Fsp3) is 0.300. The Morgan fingerprint density at radius 2 is 2.11 bits per heavy atom. The third kappa shape index (κ3) is 2.94. The molecule has 0 saturated carbocycles. The van der Waals surface area contributed by atoms with Gasteiger partial charge in [0.05, 0.1) is 17.7 Å². The highest BCUT2D eigenvalue weighted by atomic mass is 16.6. The van der Waals surface area contributed by atoms with Crippen molar-refractivity contribution >= 4 is 17.3 Å². The quantitative estimate of drug-likeness (QED) is 0.593. The Morgan fingerprint density at radius 1 is 1.37 bits per heavy atom. The molecule has 100 valence electrons. The number of anilines is 2. The summed E-state index contributed by atoms with van der Waals surface area (Å²) in [6.07, 6.45) is 2.75. The van der Waals surface area contributed by atoms with E-state index >= 15 is 0 Å². The summed E-state index contributed by atoms with van der Waals surface area (Å²) in [6, 6.07) is 1.66. The molecule has 0 atom stereocenters. The van der Waals surface area contributed by atoms with Gasteiger partial charge in [0.1, 0.15) is 6.33 Å². The molecule has 19 heavy (non-hydrogen) atoms. The Hall–Kier alpha value is -2.71. The predicted molar refractivity (Wildman–Crippen MR) is 66.7 cm³/mol. The molecular formula is C10H12N6O3. The lowest BCUT2D eigenvalue weighted by Crippen LogP contribution is -2.09. The topological polar surface area (TPSA) is 119 Å². The summed E-state index contributed by atoms with van der Waals surface area (Å²) in [5.74, 6) is 0.868. The van der Waals surface area contributed by atoms with Crippen LogP contribution in [0, 0.1) is 10.1 Å². The van der Waals surface area contributed by atoms with E-state index in [9.17, 15) is 10.1 Å². The first kappa shape index (κ1) is 12.7. The van der Waals surface area contributed by atoms with Crippen molar-refractivity contribution in [3.05, 3.63) is 34.5 Å². The number of hydrogen-bond donors (Lipinski definition) is 2. The van der Waals surface area contributed by atoms with Crippen LogP contribution in [0.4, 0.5) is 17.3 Å². The van der Waals surface area contributed by atoms with Crippen molar-refractivity contribution in [3.63, 3.8) is 0 Å². The van der Waals surface area contributed by atoms with Gasteiger partial charge in [0.25, 0.3) is 0 Å². The van der Waals surface area contributed by atoms with Crippen molar-refractivity contribution in [2.75, 3.05) is 17.2 Å². The number of nitro groups is 1. The first-order chi connectivity index (χ1) is 9.22. The zero-order valence-corrected chi connectivity index (χ0v) is 10.2. The molecule has 0 unspecified atom stereocenters. The van der Waals surface area contributed by atoms with Gasteiger partial charge in [-0.1, -0.05) is 5.16 Å². The molecule has 2 rings (SSSR count). The first-order valence-corrected chi connectivity index (χ1v) is 5.59. The van der Waals surface area contributed by atoms with E-state index in [1.165, 1.54) is 12.5 Å². The summed E-state index contributed by atoms with van der Waals surface area (Å²) in [5, 5.41) is 20.3. The largest absolute Gasteiger partial charge is 0.364 e. The minimum absolute atomic E-state index is 0.132. The van der Waals surface area contributed by atoms with E-state index in [1.54, 1.807) is 6.07 Å². The molecule has 0 aromatic carbocycles. The molecule has 0 bridgehead atoms. The molecule has 0 aliphatic carbocycles. The lowest BCUT2D eigenvalue weighted by molar-refractivity contribution is -0.383. The molecule has 0 aliphatic heterocycles. The van der Waals surface area contributed by atoms with E-state index in [2.05, 4.69) is 25.8 Å². The SMILES string of the molecule is CCNc1ncnc(NCc2ccno2)c1[N+](=O)[O-]. The Labute approximate surface area is 108 Å². The Kier molecular flexibility index (Phi) is 3.86. The number of rotatable bonds is 6. The normalized spacial score (nSPS) is 10.2. The maximum absolute atomic E-state index is 11.1. The molecular weight excluding hydrogens is 252 g/mol. The monoisotopic (exact) mass is 264 g/mol. The van der Waals surface area contributed by atoms with Crippen LogP contribution >= 0.6 is 0 Å². The lowest BCUT2D eigenvalue weighted by Gasteiger charge is -2.07. The van der Waals surface area contributed by atoms with Crippen LogP contribution in [-0.4, -0.2) is 26.6 Å². The maximum Gasteiger partial charge on any atom is 0.353 e.